The number of amides is 1. The Morgan fingerprint density at radius 1 is 1.40 bits per heavy atom. The largest absolute Gasteiger partial charge is 0.370 e. The van der Waals surface area contributed by atoms with Gasteiger partial charge in [-0.05, 0) is 24.1 Å². The third-order valence-electron chi connectivity index (χ3n) is 2.39. The molecule has 1 rings (SSSR count). The van der Waals surface area contributed by atoms with E-state index in [1.807, 2.05) is 30.3 Å². The van der Waals surface area contributed by atoms with Gasteiger partial charge in [-0.3, -0.25) is 4.79 Å². The molecule has 0 heterocycles. The van der Waals surface area contributed by atoms with Crippen LogP contribution < -0.4 is 16.4 Å². The molecule has 108 valence electrons. The van der Waals surface area contributed by atoms with E-state index in [2.05, 4.69) is 22.5 Å². The molecule has 0 aromatic heterocycles. The lowest BCUT2D eigenvalue weighted by Crippen LogP contribution is -2.29. The van der Waals surface area contributed by atoms with Crippen LogP contribution in [-0.4, -0.2) is 25.0 Å². The number of aliphatic imine (C=N–C) groups is 1. The molecule has 7 heteroatoms. The highest BCUT2D eigenvalue weighted by atomic mass is 127. The van der Waals surface area contributed by atoms with Crippen LogP contribution in [0.1, 0.15) is 12.5 Å². The van der Waals surface area contributed by atoms with Crippen molar-refractivity contribution < 1.29 is 4.79 Å². The molecule has 1 aromatic rings. The minimum absolute atomic E-state index is 0. The van der Waals surface area contributed by atoms with E-state index in [1.165, 1.54) is 5.56 Å². The lowest BCUT2D eigenvalue weighted by molar-refractivity contribution is -0.119. The van der Waals surface area contributed by atoms with Crippen molar-refractivity contribution in [2.24, 2.45) is 10.7 Å². The second kappa shape index (κ2) is 10.0. The number of benzene rings is 1. The average molecular weight is 387 g/mol. The Morgan fingerprint density at radius 3 is 2.60 bits per heavy atom. The number of nitriles is 1. The van der Waals surface area contributed by atoms with E-state index < -0.39 is 0 Å². The van der Waals surface area contributed by atoms with Crippen LogP contribution in [0, 0.1) is 11.3 Å². The van der Waals surface area contributed by atoms with Crippen LogP contribution in [-0.2, 0) is 11.2 Å². The van der Waals surface area contributed by atoms with Crippen molar-refractivity contribution in [1.82, 2.24) is 5.32 Å². The third-order valence-corrected chi connectivity index (χ3v) is 2.39. The molecule has 0 saturated carbocycles. The van der Waals surface area contributed by atoms with Crippen molar-refractivity contribution in [2.75, 3.05) is 18.4 Å². The van der Waals surface area contributed by atoms with Gasteiger partial charge in [0.15, 0.2) is 5.96 Å². The molecule has 1 aromatic carbocycles. The van der Waals surface area contributed by atoms with E-state index in [1.54, 1.807) is 0 Å². The summed E-state index contributed by atoms with van der Waals surface area (Å²) in [6, 6.07) is 9.60. The van der Waals surface area contributed by atoms with Crippen molar-refractivity contribution in [3.63, 3.8) is 0 Å². The number of hydrogen-bond acceptors (Lipinski definition) is 3. The second-order valence-electron chi connectivity index (χ2n) is 3.81. The molecule has 1 amide bonds. The van der Waals surface area contributed by atoms with Crippen LogP contribution in [0.4, 0.5) is 5.69 Å². The summed E-state index contributed by atoms with van der Waals surface area (Å²) in [6.07, 6.45) is 0.975. The molecule has 0 unspecified atom stereocenters. The van der Waals surface area contributed by atoms with Crippen molar-refractivity contribution in [3.8, 4) is 6.07 Å². The fourth-order valence-corrected chi connectivity index (χ4v) is 1.36. The number of guanidine groups is 1. The number of carbonyl (C=O) groups is 1. The molecular weight excluding hydrogens is 369 g/mol. The van der Waals surface area contributed by atoms with Gasteiger partial charge in [0.25, 0.3) is 0 Å². The summed E-state index contributed by atoms with van der Waals surface area (Å²) in [6.45, 7) is 1.95. The van der Waals surface area contributed by atoms with Crippen LogP contribution >= 0.6 is 24.0 Å². The standard InChI is InChI=1S/C13H17N5O.HI/c1-2-10-3-5-11(6-4-10)18-13(15)17-9-12(19)16-8-7-14;/h3-6H,2,8-9H2,1H3,(H,16,19)(H3,15,17,18);1H. The van der Waals surface area contributed by atoms with E-state index in [-0.39, 0.29) is 48.9 Å². The van der Waals surface area contributed by atoms with Gasteiger partial charge >= 0.3 is 0 Å². The Kier molecular flexibility index (Phi) is 9.11. The van der Waals surface area contributed by atoms with Crippen molar-refractivity contribution in [2.45, 2.75) is 13.3 Å². The number of rotatable bonds is 5. The lowest BCUT2D eigenvalue weighted by Gasteiger charge is -2.06. The zero-order chi connectivity index (χ0) is 14.1. The smallest absolute Gasteiger partial charge is 0.242 e. The number of hydrogen-bond donors (Lipinski definition) is 3. The first-order valence-electron chi connectivity index (χ1n) is 5.95. The molecule has 0 saturated heterocycles. The number of nitrogens with one attached hydrogen (secondary N) is 2. The minimum Gasteiger partial charge on any atom is -0.370 e. The Balaban J connectivity index is 0.00000361. The van der Waals surface area contributed by atoms with Gasteiger partial charge in [0.1, 0.15) is 13.1 Å². The highest BCUT2D eigenvalue weighted by Gasteiger charge is 1.99. The highest BCUT2D eigenvalue weighted by Crippen LogP contribution is 2.09. The topological polar surface area (TPSA) is 103 Å². The van der Waals surface area contributed by atoms with Crippen LogP contribution in [0.3, 0.4) is 0 Å². The molecule has 20 heavy (non-hydrogen) atoms. The fourth-order valence-electron chi connectivity index (χ4n) is 1.36. The monoisotopic (exact) mass is 387 g/mol. The third kappa shape index (κ3) is 6.94. The molecule has 6 nitrogen and oxygen atoms in total. The summed E-state index contributed by atoms with van der Waals surface area (Å²) >= 11 is 0. The maximum atomic E-state index is 11.2. The summed E-state index contributed by atoms with van der Waals surface area (Å²) < 4.78 is 0. The Labute approximate surface area is 135 Å². The first-order valence-corrected chi connectivity index (χ1v) is 5.95. The molecule has 0 bridgehead atoms. The molecule has 0 aliphatic carbocycles. The average Bonchev–Trinajstić information content (AvgIpc) is 2.43. The van der Waals surface area contributed by atoms with Crippen LogP contribution in [0.15, 0.2) is 29.3 Å². The molecule has 4 N–H and O–H groups in total. The maximum absolute atomic E-state index is 11.2. The van der Waals surface area contributed by atoms with Crippen LogP contribution in [0.25, 0.3) is 0 Å². The van der Waals surface area contributed by atoms with Gasteiger partial charge in [-0.1, -0.05) is 19.1 Å². The quantitative estimate of drug-likeness (QED) is 0.306. The highest BCUT2D eigenvalue weighted by molar-refractivity contribution is 14.0. The van der Waals surface area contributed by atoms with Gasteiger partial charge in [-0.15, -0.1) is 24.0 Å². The van der Waals surface area contributed by atoms with Crippen molar-refractivity contribution >= 4 is 41.5 Å². The van der Waals surface area contributed by atoms with Gasteiger partial charge in [-0.2, -0.15) is 5.26 Å². The zero-order valence-electron chi connectivity index (χ0n) is 11.2. The Morgan fingerprint density at radius 2 is 2.05 bits per heavy atom. The Hall–Kier alpha value is -1.82. The number of nitrogens with zero attached hydrogens (tertiary/aromatic N) is 2. The van der Waals surface area contributed by atoms with Gasteiger partial charge in [0.2, 0.25) is 5.91 Å². The molecule has 0 aliphatic heterocycles. The molecular formula is C13H18IN5O. The summed E-state index contributed by atoms with van der Waals surface area (Å²) in [5, 5.41) is 13.6. The lowest BCUT2D eigenvalue weighted by atomic mass is 10.1. The van der Waals surface area contributed by atoms with E-state index in [4.69, 9.17) is 11.0 Å². The number of halogens is 1. The van der Waals surface area contributed by atoms with Gasteiger partial charge in [0.05, 0.1) is 6.07 Å². The SMILES string of the molecule is CCc1ccc(NC(N)=NCC(=O)NCC#N)cc1.I. The fraction of sp³-hybridized carbons (Fsp3) is 0.308. The van der Waals surface area contributed by atoms with Crippen LogP contribution in [0.2, 0.25) is 0 Å². The number of anilines is 1. The first kappa shape index (κ1) is 18.2. The zero-order valence-corrected chi connectivity index (χ0v) is 13.5. The molecule has 0 radical (unpaired) electrons. The molecule has 0 aliphatic rings. The van der Waals surface area contributed by atoms with Crippen molar-refractivity contribution in [1.29, 1.82) is 5.26 Å². The summed E-state index contributed by atoms with van der Waals surface area (Å²) in [4.78, 5) is 15.1. The molecule has 0 spiro atoms. The van der Waals surface area contributed by atoms with Crippen molar-refractivity contribution in [3.05, 3.63) is 29.8 Å². The number of aryl methyl sites for hydroxylation is 1. The van der Waals surface area contributed by atoms with Crippen LogP contribution in [0.5, 0.6) is 0 Å². The number of nitrogens with two attached hydrogens (primary N) is 1. The van der Waals surface area contributed by atoms with E-state index >= 15 is 0 Å². The normalized spacial score (nSPS) is 10.1. The predicted molar refractivity (Wildman–Crippen MR) is 90.0 cm³/mol. The van der Waals surface area contributed by atoms with E-state index in [0.717, 1.165) is 12.1 Å². The summed E-state index contributed by atoms with van der Waals surface area (Å²) in [5.74, 6) is -0.177. The van der Waals surface area contributed by atoms with E-state index in [9.17, 15) is 4.79 Å². The van der Waals surface area contributed by atoms with Gasteiger partial charge < -0.3 is 16.4 Å². The second-order valence-corrected chi connectivity index (χ2v) is 3.81. The van der Waals surface area contributed by atoms with Gasteiger partial charge in [-0.25, -0.2) is 4.99 Å². The molecule has 0 atom stereocenters. The minimum atomic E-state index is -0.340. The molecule has 0 fully saturated rings. The summed E-state index contributed by atoms with van der Waals surface area (Å²) in [5.41, 5.74) is 7.70. The Bertz CT molecular complexity index is 492. The van der Waals surface area contributed by atoms with E-state index in [0.29, 0.717) is 0 Å². The number of carbonyl (C=O) groups excluding carboxylic acids is 1. The summed E-state index contributed by atoms with van der Waals surface area (Å²) in [7, 11) is 0. The first-order chi connectivity index (χ1) is 9.15. The van der Waals surface area contributed by atoms with Gasteiger partial charge in [0, 0.05) is 5.69 Å². The predicted octanol–water partition coefficient (Wildman–Crippen LogP) is 1.23. The maximum Gasteiger partial charge on any atom is 0.242 e.